The summed E-state index contributed by atoms with van der Waals surface area (Å²) in [5.74, 6) is 0. The van der Waals surface area contributed by atoms with Crippen LogP contribution in [0.4, 0.5) is 0 Å². The van der Waals surface area contributed by atoms with E-state index in [-0.39, 0.29) is 19.5 Å². The summed E-state index contributed by atoms with van der Waals surface area (Å²) in [7, 11) is -0.667. The quantitative estimate of drug-likeness (QED) is 0.396. The maximum atomic E-state index is 5.41. The fourth-order valence-electron chi connectivity index (χ4n) is 0. The van der Waals surface area contributed by atoms with Gasteiger partial charge in [-0.05, 0) is 0 Å². The van der Waals surface area contributed by atoms with Crippen LogP contribution in [-0.2, 0) is 19.5 Å². The van der Waals surface area contributed by atoms with Gasteiger partial charge in [-0.3, -0.25) is 0 Å². The Hall–Kier alpha value is 1.13. The van der Waals surface area contributed by atoms with E-state index < -0.39 is 8.11 Å². The molecule has 0 aromatic heterocycles. The third-order valence-electron chi connectivity index (χ3n) is 0.707. The average molecular weight is 274 g/mol. The zero-order chi connectivity index (χ0) is 10.4. The first-order chi connectivity index (χ1) is 5.56. The minimum absolute atomic E-state index is 0. The summed E-state index contributed by atoms with van der Waals surface area (Å²) >= 11 is 5.41. The van der Waals surface area contributed by atoms with E-state index in [0.717, 1.165) is 12.8 Å². The number of halogens is 1. The van der Waals surface area contributed by atoms with Crippen LogP contribution >= 0.6 is 11.1 Å². The molecule has 0 aromatic carbocycles. The second kappa shape index (κ2) is 29.2. The van der Waals surface area contributed by atoms with Gasteiger partial charge < -0.3 is 13.8 Å². The van der Waals surface area contributed by atoms with Gasteiger partial charge in [0.05, 0.1) is 0 Å². The first kappa shape index (κ1) is 23.7. The molecule has 3 heteroatoms. The molecule has 0 aliphatic heterocycles. The Balaban J connectivity index is -0.0000000450. The summed E-state index contributed by atoms with van der Waals surface area (Å²) < 4.78 is 0. The van der Waals surface area contributed by atoms with Crippen molar-refractivity contribution in [2.75, 3.05) is 0 Å². The van der Waals surface area contributed by atoms with Gasteiger partial charge in [0, 0.05) is 0 Å². The van der Waals surface area contributed by atoms with E-state index in [9.17, 15) is 0 Å². The summed E-state index contributed by atoms with van der Waals surface area (Å²) in [6.07, 6.45) is 4.56. The molecule has 0 bridgehead atoms. The Morgan fingerprint density at radius 3 is 1.08 bits per heavy atom. The van der Waals surface area contributed by atoms with Gasteiger partial charge in [0.15, 0.2) is 0 Å². The van der Waals surface area contributed by atoms with Gasteiger partial charge in [-0.15, -0.1) is 0 Å². The van der Waals surface area contributed by atoms with Crippen molar-refractivity contribution in [2.45, 2.75) is 52.6 Å². The van der Waals surface area contributed by atoms with Gasteiger partial charge in [0.1, 0.15) is 8.11 Å². The van der Waals surface area contributed by atoms with Crippen LogP contribution in [-0.4, -0.2) is 8.11 Å². The van der Waals surface area contributed by atoms with Crippen LogP contribution in [0.15, 0.2) is 0 Å². The van der Waals surface area contributed by atoms with Gasteiger partial charge in [0.25, 0.3) is 0 Å². The topological polar surface area (TPSA) is 0 Å². The number of hydrogen-bond acceptors (Lipinski definition) is 0. The fourth-order valence-corrected chi connectivity index (χ4v) is 0. The van der Waals surface area contributed by atoms with Crippen molar-refractivity contribution in [1.82, 2.24) is 0 Å². The van der Waals surface area contributed by atoms with Gasteiger partial charge >= 0.3 is 19.5 Å². The molecule has 0 nitrogen and oxygen atoms in total. The van der Waals surface area contributed by atoms with Crippen LogP contribution in [0.3, 0.4) is 0 Å². The van der Waals surface area contributed by atoms with Crippen LogP contribution in [0.2, 0.25) is 13.1 Å². The predicted molar refractivity (Wildman–Crippen MR) is 65.3 cm³/mol. The Bertz CT molecular complexity index is 41.4. The Kier molecular flexibility index (Phi) is 53.4. The molecule has 0 atom stereocenters. The van der Waals surface area contributed by atoms with Gasteiger partial charge in [-0.25, -0.2) is 0 Å². The Labute approximate surface area is 105 Å². The van der Waals surface area contributed by atoms with E-state index >= 15 is 0 Å². The van der Waals surface area contributed by atoms with Crippen LogP contribution in [0.1, 0.15) is 39.5 Å². The maximum Gasteiger partial charge on any atom is 2.00 e. The van der Waals surface area contributed by atoms with Crippen molar-refractivity contribution in [2.24, 2.45) is 0 Å². The van der Waals surface area contributed by atoms with Crippen molar-refractivity contribution in [1.29, 1.82) is 0 Å². The molecule has 0 fully saturated rings. The molecule has 0 radical (unpaired) electrons. The summed E-state index contributed by atoms with van der Waals surface area (Å²) in [4.78, 5) is 0. The van der Waals surface area contributed by atoms with Crippen molar-refractivity contribution in [3.05, 3.63) is 13.8 Å². The maximum absolute atomic E-state index is 5.41. The third-order valence-corrected chi connectivity index (χ3v) is 0.707. The van der Waals surface area contributed by atoms with E-state index in [0.29, 0.717) is 0 Å². The molecule has 0 heterocycles. The number of unbranched alkanes of at least 4 members (excludes halogenated alkanes) is 2. The summed E-state index contributed by atoms with van der Waals surface area (Å²) in [6.45, 7) is 15.6. The van der Waals surface area contributed by atoms with Crippen molar-refractivity contribution in [3.8, 4) is 0 Å². The predicted octanol–water partition coefficient (Wildman–Crippen LogP) is 4.45. The van der Waals surface area contributed by atoms with Crippen LogP contribution in [0, 0.1) is 13.8 Å². The minimum atomic E-state index is -0.667. The normalized spacial score (nSPS) is 7.38. The first-order valence-electron chi connectivity index (χ1n) is 4.79. The molecule has 0 unspecified atom stereocenters. The molecule has 0 amide bonds. The largest absolute Gasteiger partial charge is 2.00 e. The summed E-state index contributed by atoms with van der Waals surface area (Å²) in [5.41, 5.74) is 0. The van der Waals surface area contributed by atoms with Gasteiger partial charge in [-0.1, -0.05) is 39.8 Å². The van der Waals surface area contributed by atoms with E-state index in [2.05, 4.69) is 40.8 Å². The van der Waals surface area contributed by atoms with Crippen LogP contribution < -0.4 is 0 Å². The van der Waals surface area contributed by atoms with E-state index in [1.54, 1.807) is 0 Å². The SMILES string of the molecule is C[SiH](C)Cl.[CH2-]CCC.[CH2-]CCC.[Zn+2]. The molecule has 0 aliphatic rings. The molecule has 0 aromatic rings. The zero-order valence-corrected chi connectivity index (χ0v) is 14.8. The standard InChI is InChI=1S/2C4H9.C2H7ClSi.Zn/c2*1-3-4-2;1-4(2)3;/h2*1,3-4H2,2H3;4H,1-2H3;/q2*-1;;+2. The van der Waals surface area contributed by atoms with Crippen molar-refractivity contribution >= 4 is 19.2 Å². The Morgan fingerprint density at radius 1 is 1.00 bits per heavy atom. The molecular weight excluding hydrogens is 249 g/mol. The monoisotopic (exact) mass is 272 g/mol. The molecular formula is C10H25ClSiZn. The number of hydrogen-bond donors (Lipinski definition) is 0. The van der Waals surface area contributed by atoms with Gasteiger partial charge in [0.2, 0.25) is 0 Å². The molecule has 0 rings (SSSR count). The van der Waals surface area contributed by atoms with E-state index in [1.165, 1.54) is 12.8 Å². The summed E-state index contributed by atoms with van der Waals surface area (Å²) in [6, 6.07) is 0. The molecule has 0 N–H and O–H groups in total. The molecule has 78 valence electrons. The van der Waals surface area contributed by atoms with Gasteiger partial charge in [-0.2, -0.15) is 23.9 Å². The zero-order valence-electron chi connectivity index (χ0n) is 9.91. The molecule has 0 aliphatic carbocycles. The van der Waals surface area contributed by atoms with E-state index in [1.807, 2.05) is 0 Å². The number of rotatable bonds is 2. The average Bonchev–Trinajstić information content (AvgIpc) is 2.03. The summed E-state index contributed by atoms with van der Waals surface area (Å²) in [5, 5.41) is 0. The minimum Gasteiger partial charge on any atom is -0.343 e. The molecule has 0 saturated carbocycles. The second-order valence-electron chi connectivity index (χ2n) is 2.72. The van der Waals surface area contributed by atoms with Crippen molar-refractivity contribution in [3.63, 3.8) is 0 Å². The van der Waals surface area contributed by atoms with Crippen LogP contribution in [0.25, 0.3) is 0 Å². The van der Waals surface area contributed by atoms with Crippen LogP contribution in [0.5, 0.6) is 0 Å². The fraction of sp³-hybridized carbons (Fsp3) is 0.800. The smallest absolute Gasteiger partial charge is 0.343 e. The van der Waals surface area contributed by atoms with E-state index in [4.69, 9.17) is 11.1 Å². The third kappa shape index (κ3) is 166. The first-order valence-corrected chi connectivity index (χ1v) is 8.84. The Morgan fingerprint density at radius 2 is 1.08 bits per heavy atom. The molecule has 13 heavy (non-hydrogen) atoms. The molecule has 0 saturated heterocycles. The van der Waals surface area contributed by atoms with Crippen molar-refractivity contribution < 1.29 is 19.5 Å². The molecule has 0 spiro atoms. The second-order valence-corrected chi connectivity index (χ2v) is 7.37.